The third-order valence-electron chi connectivity index (χ3n) is 6.53. The van der Waals surface area contributed by atoms with Crippen LogP contribution in [0.25, 0.3) is 22.7 Å². The lowest BCUT2D eigenvalue weighted by atomic mass is 10.1. The number of nitro groups is 1. The maximum atomic E-state index is 13.8. The Hall–Kier alpha value is -4.59. The van der Waals surface area contributed by atoms with Gasteiger partial charge in [0.2, 0.25) is 5.91 Å². The molecular weight excluding hydrogens is 480 g/mol. The van der Waals surface area contributed by atoms with Crippen molar-refractivity contribution < 1.29 is 9.72 Å². The second kappa shape index (κ2) is 11.6. The molecule has 0 N–H and O–H groups in total. The van der Waals surface area contributed by atoms with Crippen molar-refractivity contribution in [3.05, 3.63) is 116 Å². The Bertz CT molecular complexity index is 1560. The van der Waals surface area contributed by atoms with Crippen LogP contribution in [0.15, 0.2) is 83.7 Å². The highest BCUT2D eigenvalue weighted by Gasteiger charge is 2.26. The summed E-state index contributed by atoms with van der Waals surface area (Å²) < 4.78 is 1.64. The molecule has 1 heterocycles. The van der Waals surface area contributed by atoms with E-state index in [-0.39, 0.29) is 17.2 Å². The summed E-state index contributed by atoms with van der Waals surface area (Å²) in [6.45, 7) is 6.37. The van der Waals surface area contributed by atoms with Crippen LogP contribution in [-0.2, 0) is 11.2 Å². The van der Waals surface area contributed by atoms with Gasteiger partial charge in [0, 0.05) is 24.8 Å². The maximum Gasteiger partial charge on any atom is 0.269 e. The van der Waals surface area contributed by atoms with Gasteiger partial charge in [0.25, 0.3) is 11.2 Å². The van der Waals surface area contributed by atoms with E-state index in [1.54, 1.807) is 33.7 Å². The fourth-order valence-corrected chi connectivity index (χ4v) is 4.54. The van der Waals surface area contributed by atoms with Gasteiger partial charge in [-0.15, -0.1) is 0 Å². The Balaban J connectivity index is 1.79. The molecule has 1 aromatic heterocycles. The number of carbonyl (C=O) groups excluding carboxylic acids is 1. The molecule has 0 fully saturated rings. The predicted molar refractivity (Wildman–Crippen MR) is 149 cm³/mol. The Morgan fingerprint density at radius 2 is 1.74 bits per heavy atom. The van der Waals surface area contributed by atoms with Crippen LogP contribution in [0.1, 0.15) is 50.2 Å². The first-order valence-corrected chi connectivity index (χ1v) is 12.7. The van der Waals surface area contributed by atoms with Crippen molar-refractivity contribution in [3.63, 3.8) is 0 Å². The second-order valence-corrected chi connectivity index (χ2v) is 9.00. The van der Waals surface area contributed by atoms with Crippen molar-refractivity contribution in [3.8, 4) is 5.69 Å². The van der Waals surface area contributed by atoms with Crippen molar-refractivity contribution in [2.75, 3.05) is 6.54 Å². The first-order valence-electron chi connectivity index (χ1n) is 12.7. The number of nitrogens with zero attached hydrogens (tertiary/aromatic N) is 4. The molecule has 1 unspecified atom stereocenters. The Labute approximate surface area is 221 Å². The van der Waals surface area contributed by atoms with Gasteiger partial charge in [0.05, 0.1) is 27.6 Å². The van der Waals surface area contributed by atoms with Gasteiger partial charge < -0.3 is 4.90 Å². The van der Waals surface area contributed by atoms with Crippen molar-refractivity contribution in [2.24, 2.45) is 0 Å². The van der Waals surface area contributed by atoms with E-state index in [2.05, 4.69) is 0 Å². The van der Waals surface area contributed by atoms with Gasteiger partial charge >= 0.3 is 0 Å². The zero-order valence-electron chi connectivity index (χ0n) is 21.7. The molecule has 0 aliphatic heterocycles. The number of aromatic nitrogens is 2. The Kier molecular flexibility index (Phi) is 8.11. The summed E-state index contributed by atoms with van der Waals surface area (Å²) >= 11 is 0. The molecule has 1 atom stereocenters. The fourth-order valence-electron chi connectivity index (χ4n) is 4.54. The smallest absolute Gasteiger partial charge is 0.269 e. The van der Waals surface area contributed by atoms with E-state index in [0.717, 1.165) is 17.7 Å². The molecule has 4 rings (SSSR count). The average molecular weight is 511 g/mol. The van der Waals surface area contributed by atoms with E-state index in [0.29, 0.717) is 35.3 Å². The molecule has 38 heavy (non-hydrogen) atoms. The highest BCUT2D eigenvalue weighted by molar-refractivity contribution is 5.92. The van der Waals surface area contributed by atoms with Gasteiger partial charge in [-0.05, 0) is 67.3 Å². The molecule has 0 bridgehead atoms. The van der Waals surface area contributed by atoms with Gasteiger partial charge in [-0.2, -0.15) is 0 Å². The van der Waals surface area contributed by atoms with E-state index in [9.17, 15) is 19.7 Å². The summed E-state index contributed by atoms with van der Waals surface area (Å²) in [5.74, 6) is 0.246. The van der Waals surface area contributed by atoms with Crippen LogP contribution in [0.3, 0.4) is 0 Å². The number of aryl methyl sites for hydroxylation is 1. The lowest BCUT2D eigenvalue weighted by molar-refractivity contribution is -0.384. The molecule has 1 amide bonds. The summed E-state index contributed by atoms with van der Waals surface area (Å²) in [6.07, 6.45) is 4.54. The zero-order valence-corrected chi connectivity index (χ0v) is 21.7. The zero-order chi connectivity index (χ0) is 27.2. The first kappa shape index (κ1) is 26.5. The SMILES string of the molecule is CCCN(C(=O)C=Cc1ccc([N+](=O)[O-])cc1)C(C)c1nc2ccccc2c(=O)n1-c1ccccc1CC. The highest BCUT2D eigenvalue weighted by atomic mass is 16.6. The highest BCUT2D eigenvalue weighted by Crippen LogP contribution is 2.25. The van der Waals surface area contributed by atoms with E-state index >= 15 is 0 Å². The fraction of sp³-hybridized carbons (Fsp3) is 0.233. The van der Waals surface area contributed by atoms with Gasteiger partial charge in [0.1, 0.15) is 5.82 Å². The molecule has 8 nitrogen and oxygen atoms in total. The Morgan fingerprint density at radius 1 is 1.05 bits per heavy atom. The van der Waals surface area contributed by atoms with Crippen molar-refractivity contribution in [1.82, 2.24) is 14.5 Å². The van der Waals surface area contributed by atoms with E-state index in [4.69, 9.17) is 4.98 Å². The summed E-state index contributed by atoms with van der Waals surface area (Å²) in [6, 6.07) is 20.5. The van der Waals surface area contributed by atoms with E-state index in [1.807, 2.05) is 63.2 Å². The van der Waals surface area contributed by atoms with E-state index < -0.39 is 11.0 Å². The molecule has 0 saturated heterocycles. The molecule has 3 aromatic carbocycles. The monoisotopic (exact) mass is 510 g/mol. The topological polar surface area (TPSA) is 98.3 Å². The van der Waals surface area contributed by atoms with Gasteiger partial charge in [0.15, 0.2) is 0 Å². The van der Waals surface area contributed by atoms with Crippen LogP contribution < -0.4 is 5.56 Å². The number of benzene rings is 3. The third-order valence-corrected chi connectivity index (χ3v) is 6.53. The largest absolute Gasteiger partial charge is 0.329 e. The summed E-state index contributed by atoms with van der Waals surface area (Å²) in [5, 5.41) is 11.4. The van der Waals surface area contributed by atoms with Crippen molar-refractivity contribution in [2.45, 2.75) is 39.7 Å². The summed E-state index contributed by atoms with van der Waals surface area (Å²) in [7, 11) is 0. The normalized spacial score (nSPS) is 12.1. The van der Waals surface area contributed by atoms with Gasteiger partial charge in [-0.3, -0.25) is 24.3 Å². The standard InChI is InChI=1S/C30H30N4O4/c1-4-20-32(28(35)19-16-22-14-17-24(18-15-22)34(37)38)21(3)29-31-26-12-8-7-11-25(26)30(36)33(29)27-13-9-6-10-23(27)5-2/h6-19,21H,4-5,20H2,1-3H3. The van der Waals surface area contributed by atoms with Gasteiger partial charge in [-0.1, -0.05) is 44.2 Å². The number of hydrogen-bond acceptors (Lipinski definition) is 5. The number of hydrogen-bond donors (Lipinski definition) is 0. The number of amides is 1. The molecule has 0 aliphatic rings. The minimum absolute atomic E-state index is 0.0116. The van der Waals surface area contributed by atoms with Crippen LogP contribution in [0.5, 0.6) is 0 Å². The van der Waals surface area contributed by atoms with Crippen LogP contribution in [0, 0.1) is 10.1 Å². The quantitative estimate of drug-likeness (QED) is 0.159. The summed E-state index contributed by atoms with van der Waals surface area (Å²) in [5.41, 5.74) is 2.82. The first-order chi connectivity index (χ1) is 18.3. The van der Waals surface area contributed by atoms with Crippen LogP contribution >= 0.6 is 0 Å². The number of para-hydroxylation sites is 2. The lowest BCUT2D eigenvalue weighted by Gasteiger charge is -2.30. The lowest BCUT2D eigenvalue weighted by Crippen LogP contribution is -2.37. The average Bonchev–Trinajstić information content (AvgIpc) is 2.94. The van der Waals surface area contributed by atoms with Crippen LogP contribution in [-0.4, -0.2) is 31.8 Å². The van der Waals surface area contributed by atoms with Crippen LogP contribution in [0.2, 0.25) is 0 Å². The molecular formula is C30H30N4O4. The van der Waals surface area contributed by atoms with Gasteiger partial charge in [-0.25, -0.2) is 4.98 Å². The van der Waals surface area contributed by atoms with Crippen molar-refractivity contribution in [1.29, 1.82) is 0 Å². The molecule has 0 saturated carbocycles. The van der Waals surface area contributed by atoms with E-state index in [1.165, 1.54) is 18.2 Å². The number of carbonyl (C=O) groups is 1. The Morgan fingerprint density at radius 3 is 2.42 bits per heavy atom. The number of fused-ring (bicyclic) bond motifs is 1. The molecule has 4 aromatic rings. The predicted octanol–water partition coefficient (Wildman–Crippen LogP) is 5.87. The molecule has 8 heteroatoms. The second-order valence-electron chi connectivity index (χ2n) is 9.00. The maximum absolute atomic E-state index is 13.8. The van der Waals surface area contributed by atoms with Crippen molar-refractivity contribution >= 4 is 28.6 Å². The number of nitro benzene ring substituents is 1. The molecule has 0 radical (unpaired) electrons. The molecule has 194 valence electrons. The minimum Gasteiger partial charge on any atom is -0.329 e. The third kappa shape index (κ3) is 5.39. The number of non-ortho nitro benzene ring substituents is 1. The summed E-state index contributed by atoms with van der Waals surface area (Å²) in [4.78, 5) is 44.3. The minimum atomic E-state index is -0.508. The molecule has 0 aliphatic carbocycles. The molecule has 0 spiro atoms. The number of rotatable bonds is 9. The van der Waals surface area contributed by atoms with Crippen LogP contribution in [0.4, 0.5) is 5.69 Å².